The third-order valence-corrected chi connectivity index (χ3v) is 7.42. The third-order valence-electron chi connectivity index (χ3n) is 5.16. The van der Waals surface area contributed by atoms with Crippen LogP contribution in [0.3, 0.4) is 0 Å². The van der Waals surface area contributed by atoms with Crippen molar-refractivity contribution in [2.75, 3.05) is 45.1 Å². The number of amides is 2. The predicted molar refractivity (Wildman–Crippen MR) is 123 cm³/mol. The quantitative estimate of drug-likeness (QED) is 0.0915. The summed E-state index contributed by atoms with van der Waals surface area (Å²) in [5.74, 6) is -1.72. The van der Waals surface area contributed by atoms with Crippen LogP contribution in [0.1, 0.15) is 19.0 Å². The van der Waals surface area contributed by atoms with E-state index >= 15 is 0 Å². The number of thiazole rings is 1. The summed E-state index contributed by atoms with van der Waals surface area (Å²) >= 11 is 2.32. The number of carbonyl (C=O) groups is 4. The van der Waals surface area contributed by atoms with E-state index < -0.39 is 47.6 Å². The number of carbonyl (C=O) groups excluding carboxylic acids is 4. The lowest BCUT2D eigenvalue weighted by Gasteiger charge is -2.53. The van der Waals surface area contributed by atoms with Gasteiger partial charge in [-0.25, -0.2) is 9.78 Å². The second-order valence-electron chi connectivity index (χ2n) is 7.64. The first kappa shape index (κ1) is 26.5. The lowest BCUT2D eigenvalue weighted by atomic mass is 9.88. The SMILES string of the molecule is CCCOC(=O)OCOC(=O)C1(COC)CS[C@@H]2C(NC(=O)C(=NO)c3csc(N)n3)C(=O)N2C1. The number of β-lactam (4-membered cyclic amide) rings is 1. The van der Waals surface area contributed by atoms with E-state index in [9.17, 15) is 24.4 Å². The van der Waals surface area contributed by atoms with Crippen LogP contribution >= 0.6 is 23.1 Å². The minimum Gasteiger partial charge on any atom is -0.434 e. The fraction of sp³-hybridized carbons (Fsp3) is 0.579. The number of fused-ring (bicyclic) bond motifs is 1. The summed E-state index contributed by atoms with van der Waals surface area (Å²) in [5, 5.41) is 15.9. The van der Waals surface area contributed by atoms with Gasteiger partial charge in [0.15, 0.2) is 10.8 Å². The normalized spacial score (nSPS) is 23.7. The zero-order chi connectivity index (χ0) is 25.6. The molecule has 3 heterocycles. The van der Waals surface area contributed by atoms with E-state index in [0.29, 0.717) is 6.42 Å². The molecule has 0 bridgehead atoms. The highest BCUT2D eigenvalue weighted by Crippen LogP contribution is 2.42. The number of esters is 1. The van der Waals surface area contributed by atoms with E-state index in [1.165, 1.54) is 29.2 Å². The molecule has 3 atom stereocenters. The number of nitrogens with zero attached hydrogens (tertiary/aromatic N) is 3. The number of anilines is 1. The fourth-order valence-corrected chi connectivity index (χ4v) is 5.57. The van der Waals surface area contributed by atoms with Gasteiger partial charge >= 0.3 is 12.1 Å². The van der Waals surface area contributed by atoms with Crippen molar-refractivity contribution in [3.8, 4) is 0 Å². The van der Waals surface area contributed by atoms with Crippen LogP contribution in [0, 0.1) is 5.41 Å². The molecular weight excluding hydrogens is 506 g/mol. The van der Waals surface area contributed by atoms with E-state index in [1.54, 1.807) is 0 Å². The largest absolute Gasteiger partial charge is 0.511 e. The first-order chi connectivity index (χ1) is 16.8. The number of aromatic nitrogens is 1. The van der Waals surface area contributed by atoms with Crippen molar-refractivity contribution >= 4 is 57.9 Å². The van der Waals surface area contributed by atoms with Crippen molar-refractivity contribution in [2.45, 2.75) is 24.8 Å². The first-order valence-corrected chi connectivity index (χ1v) is 12.3. The van der Waals surface area contributed by atoms with Crippen LogP contribution in [-0.2, 0) is 33.3 Å². The number of oxime groups is 1. The number of methoxy groups -OCH3 is 1. The average Bonchev–Trinajstić information content (AvgIpc) is 3.27. The Hall–Kier alpha value is -3.11. The molecule has 2 aliphatic heterocycles. The Morgan fingerprint density at radius 2 is 2.14 bits per heavy atom. The minimum atomic E-state index is -1.20. The number of nitrogens with two attached hydrogens (primary N) is 1. The van der Waals surface area contributed by atoms with Gasteiger partial charge in [-0.05, 0) is 6.42 Å². The molecule has 16 heteroatoms. The Morgan fingerprint density at radius 3 is 2.77 bits per heavy atom. The maximum Gasteiger partial charge on any atom is 0.511 e. The van der Waals surface area contributed by atoms with Gasteiger partial charge in [0.1, 0.15) is 22.5 Å². The highest BCUT2D eigenvalue weighted by Gasteiger charge is 2.58. The molecule has 0 aliphatic carbocycles. The molecule has 0 radical (unpaired) electrons. The van der Waals surface area contributed by atoms with Gasteiger partial charge in [-0.3, -0.25) is 14.4 Å². The standard InChI is InChI=1S/C19H25N5O9S2/c1-3-4-31-18(28)33-9-32-16(27)19(7-30-2)6-24-14(26)12(15(24)35-8-19)22-13(25)11(23-29)10-5-34-17(20)21-10/h5,12,15,29H,3-4,6-9H2,1-2H3,(H2,20,21)(H,22,25)/t12?,15-,19?/m1/s1. The van der Waals surface area contributed by atoms with Gasteiger partial charge < -0.3 is 40.1 Å². The molecule has 1 aromatic heterocycles. The minimum absolute atomic E-state index is 0.0214. The van der Waals surface area contributed by atoms with Crippen molar-refractivity contribution in [3.05, 3.63) is 11.1 Å². The van der Waals surface area contributed by atoms with Crippen LogP contribution < -0.4 is 11.1 Å². The van der Waals surface area contributed by atoms with Crippen LogP contribution in [0.5, 0.6) is 0 Å². The number of nitrogen functional groups attached to an aromatic ring is 1. The number of thioether (sulfide) groups is 1. The van der Waals surface area contributed by atoms with Crippen molar-refractivity contribution in [3.63, 3.8) is 0 Å². The summed E-state index contributed by atoms with van der Waals surface area (Å²) in [5.41, 5.74) is 4.06. The topological polar surface area (TPSA) is 192 Å². The molecule has 0 aromatic carbocycles. The molecule has 2 aliphatic rings. The third kappa shape index (κ3) is 5.76. The van der Waals surface area contributed by atoms with Crippen molar-refractivity contribution in [1.29, 1.82) is 0 Å². The molecule has 2 amide bonds. The van der Waals surface area contributed by atoms with Gasteiger partial charge in [0.2, 0.25) is 12.7 Å². The Kier molecular flexibility index (Phi) is 8.74. The highest BCUT2D eigenvalue weighted by molar-refractivity contribution is 8.00. The lowest BCUT2D eigenvalue weighted by molar-refractivity contribution is -0.173. The van der Waals surface area contributed by atoms with Crippen molar-refractivity contribution < 1.29 is 43.3 Å². The molecule has 2 fully saturated rings. The smallest absolute Gasteiger partial charge is 0.434 e. The van der Waals surface area contributed by atoms with E-state index in [4.69, 9.17) is 24.7 Å². The maximum absolute atomic E-state index is 12.8. The Bertz CT molecular complexity index is 1000. The van der Waals surface area contributed by atoms with E-state index in [2.05, 4.69) is 15.5 Å². The van der Waals surface area contributed by atoms with Gasteiger partial charge in [0.05, 0.1) is 13.2 Å². The second-order valence-corrected chi connectivity index (χ2v) is 9.64. The Balaban J connectivity index is 1.59. The Labute approximate surface area is 208 Å². The fourth-order valence-electron chi connectivity index (χ4n) is 3.50. The molecule has 0 spiro atoms. The molecule has 0 saturated carbocycles. The van der Waals surface area contributed by atoms with E-state index in [-0.39, 0.29) is 42.0 Å². The van der Waals surface area contributed by atoms with E-state index in [0.717, 1.165) is 11.3 Å². The summed E-state index contributed by atoms with van der Waals surface area (Å²) in [7, 11) is 1.41. The molecule has 4 N–H and O–H groups in total. The number of ether oxygens (including phenoxy) is 4. The number of nitrogens with one attached hydrogen (secondary N) is 1. The monoisotopic (exact) mass is 531 g/mol. The molecule has 2 saturated heterocycles. The van der Waals surface area contributed by atoms with Gasteiger partial charge in [0, 0.05) is 24.8 Å². The number of hydrogen-bond donors (Lipinski definition) is 3. The molecule has 2 unspecified atom stereocenters. The molecule has 3 rings (SSSR count). The summed E-state index contributed by atoms with van der Waals surface area (Å²) in [6.07, 6.45) is -0.343. The van der Waals surface area contributed by atoms with Crippen molar-refractivity contribution in [2.24, 2.45) is 10.6 Å². The zero-order valence-corrected chi connectivity index (χ0v) is 20.6. The zero-order valence-electron chi connectivity index (χ0n) is 18.9. The van der Waals surface area contributed by atoms with Gasteiger partial charge in [-0.15, -0.1) is 23.1 Å². The maximum atomic E-state index is 12.8. The first-order valence-electron chi connectivity index (χ1n) is 10.4. The van der Waals surface area contributed by atoms with Crippen LogP contribution in [-0.4, -0.2) is 95.6 Å². The van der Waals surface area contributed by atoms with Crippen LogP contribution in [0.25, 0.3) is 0 Å². The molecule has 14 nitrogen and oxygen atoms in total. The summed E-state index contributed by atoms with van der Waals surface area (Å²) < 4.78 is 19.8. The summed E-state index contributed by atoms with van der Waals surface area (Å²) in [6.45, 7) is 1.29. The van der Waals surface area contributed by atoms with Crippen molar-refractivity contribution in [1.82, 2.24) is 15.2 Å². The number of rotatable bonds is 10. The van der Waals surface area contributed by atoms with Crippen LogP contribution in [0.4, 0.5) is 9.93 Å². The molecule has 192 valence electrons. The predicted octanol–water partition coefficient (Wildman–Crippen LogP) is 0.000200. The Morgan fingerprint density at radius 1 is 1.37 bits per heavy atom. The van der Waals surface area contributed by atoms with Gasteiger partial charge in [-0.2, -0.15) is 0 Å². The molecular formula is C19H25N5O9S2. The molecule has 35 heavy (non-hydrogen) atoms. The van der Waals surface area contributed by atoms with Gasteiger partial charge in [-0.1, -0.05) is 12.1 Å². The number of hydrogen-bond acceptors (Lipinski definition) is 14. The van der Waals surface area contributed by atoms with Gasteiger partial charge in [0.25, 0.3) is 5.91 Å². The van der Waals surface area contributed by atoms with Crippen LogP contribution in [0.15, 0.2) is 10.5 Å². The van der Waals surface area contributed by atoms with E-state index in [1.807, 2.05) is 6.92 Å². The summed E-state index contributed by atoms with van der Waals surface area (Å²) in [4.78, 5) is 54.9. The molecule has 1 aromatic rings. The van der Waals surface area contributed by atoms with Crippen LogP contribution in [0.2, 0.25) is 0 Å². The average molecular weight is 532 g/mol. The highest BCUT2D eigenvalue weighted by atomic mass is 32.2. The summed E-state index contributed by atoms with van der Waals surface area (Å²) in [6, 6.07) is -0.895. The second kappa shape index (κ2) is 11.5. The lowest BCUT2D eigenvalue weighted by Crippen LogP contribution is -2.74.